The minimum absolute atomic E-state index is 0.232. The first-order chi connectivity index (χ1) is 11.5. The second kappa shape index (κ2) is 6.60. The standard InChI is InChI=1S/C17H22N4O3/c1-20(10-22)16-12(11-8-18-9-11)4-3-5-13(16)21(2)14-6-7-15(23)19-17(14)24/h3-5,10-11,14,18H,6-9H2,1-2H3,(H,19,23,24). The molecule has 2 aliphatic heterocycles. The predicted octanol–water partition coefficient (Wildman–Crippen LogP) is 0.207. The molecule has 0 aliphatic carbocycles. The maximum Gasteiger partial charge on any atom is 0.249 e. The van der Waals surface area contributed by atoms with E-state index in [9.17, 15) is 14.4 Å². The number of rotatable bonds is 5. The van der Waals surface area contributed by atoms with Crippen molar-refractivity contribution in [2.24, 2.45) is 0 Å². The van der Waals surface area contributed by atoms with Gasteiger partial charge in [-0.3, -0.25) is 19.7 Å². The molecule has 2 heterocycles. The number of imide groups is 1. The number of para-hydroxylation sites is 1. The Morgan fingerprint density at radius 3 is 2.54 bits per heavy atom. The van der Waals surface area contributed by atoms with Crippen molar-refractivity contribution in [3.05, 3.63) is 23.8 Å². The first kappa shape index (κ1) is 16.4. The third kappa shape index (κ3) is 2.87. The van der Waals surface area contributed by atoms with E-state index in [4.69, 9.17) is 0 Å². The summed E-state index contributed by atoms with van der Waals surface area (Å²) in [5.41, 5.74) is 2.75. The lowest BCUT2D eigenvalue weighted by Crippen LogP contribution is -2.51. The van der Waals surface area contributed by atoms with Gasteiger partial charge in [0.1, 0.15) is 6.04 Å². The van der Waals surface area contributed by atoms with Crippen LogP contribution in [0, 0.1) is 0 Å². The van der Waals surface area contributed by atoms with Gasteiger partial charge >= 0.3 is 0 Å². The quantitative estimate of drug-likeness (QED) is 0.596. The van der Waals surface area contributed by atoms with E-state index in [1.165, 1.54) is 0 Å². The van der Waals surface area contributed by atoms with E-state index < -0.39 is 6.04 Å². The number of carbonyl (C=O) groups excluding carboxylic acids is 3. The molecule has 0 spiro atoms. The van der Waals surface area contributed by atoms with E-state index >= 15 is 0 Å². The zero-order valence-electron chi connectivity index (χ0n) is 13.9. The fraction of sp³-hybridized carbons (Fsp3) is 0.471. The van der Waals surface area contributed by atoms with Crippen LogP contribution in [0.1, 0.15) is 24.3 Å². The summed E-state index contributed by atoms with van der Waals surface area (Å²) < 4.78 is 0. The lowest BCUT2D eigenvalue weighted by atomic mass is 9.90. The third-order valence-corrected chi connectivity index (χ3v) is 4.84. The second-order valence-electron chi connectivity index (χ2n) is 6.36. The number of piperidine rings is 1. The molecule has 24 heavy (non-hydrogen) atoms. The molecule has 0 saturated carbocycles. The van der Waals surface area contributed by atoms with Crippen molar-refractivity contribution < 1.29 is 14.4 Å². The highest BCUT2D eigenvalue weighted by atomic mass is 16.2. The first-order valence-electron chi connectivity index (χ1n) is 8.11. The molecular formula is C17H22N4O3. The average molecular weight is 330 g/mol. The molecular weight excluding hydrogens is 308 g/mol. The van der Waals surface area contributed by atoms with E-state index in [-0.39, 0.29) is 11.8 Å². The Balaban J connectivity index is 1.98. The summed E-state index contributed by atoms with van der Waals surface area (Å²) in [7, 11) is 3.56. The molecule has 2 aliphatic rings. The zero-order chi connectivity index (χ0) is 17.3. The smallest absolute Gasteiger partial charge is 0.249 e. The van der Waals surface area contributed by atoms with Gasteiger partial charge in [0.25, 0.3) is 0 Å². The average Bonchev–Trinajstić information content (AvgIpc) is 2.52. The van der Waals surface area contributed by atoms with Crippen molar-refractivity contribution >= 4 is 29.6 Å². The van der Waals surface area contributed by atoms with Crippen LogP contribution in [0.4, 0.5) is 11.4 Å². The largest absolute Gasteiger partial charge is 0.361 e. The summed E-state index contributed by atoms with van der Waals surface area (Å²) in [6.07, 6.45) is 1.58. The molecule has 1 atom stereocenters. The van der Waals surface area contributed by atoms with Crippen LogP contribution in [0.2, 0.25) is 0 Å². The van der Waals surface area contributed by atoms with E-state index in [1.54, 1.807) is 11.9 Å². The van der Waals surface area contributed by atoms with Crippen molar-refractivity contribution in [3.8, 4) is 0 Å². The van der Waals surface area contributed by atoms with Crippen LogP contribution in [0.3, 0.4) is 0 Å². The molecule has 0 radical (unpaired) electrons. The summed E-state index contributed by atoms with van der Waals surface area (Å²) in [5.74, 6) is -0.161. The number of benzene rings is 1. The Labute approximate surface area is 141 Å². The van der Waals surface area contributed by atoms with E-state index in [2.05, 4.69) is 10.6 Å². The number of carbonyl (C=O) groups is 3. The number of likely N-dealkylation sites (N-methyl/N-ethyl adjacent to an activating group) is 1. The van der Waals surface area contributed by atoms with E-state index in [0.717, 1.165) is 36.4 Å². The maximum atomic E-state index is 12.2. The molecule has 0 aromatic heterocycles. The molecule has 3 rings (SSSR count). The number of hydrogen-bond donors (Lipinski definition) is 2. The molecule has 2 saturated heterocycles. The summed E-state index contributed by atoms with van der Waals surface area (Å²) in [5, 5.41) is 5.64. The van der Waals surface area contributed by atoms with Gasteiger partial charge in [0, 0.05) is 39.5 Å². The SMILES string of the molecule is CN(C=O)c1c(C2CNC2)cccc1N(C)C1CCC(=O)NC1=O. The van der Waals surface area contributed by atoms with Crippen LogP contribution in [0.25, 0.3) is 0 Å². The summed E-state index contributed by atoms with van der Waals surface area (Å²) in [6, 6.07) is 5.47. The van der Waals surface area contributed by atoms with Crippen LogP contribution < -0.4 is 20.4 Å². The Hall–Kier alpha value is -2.41. The fourth-order valence-corrected chi connectivity index (χ4v) is 3.33. The molecule has 3 amide bonds. The summed E-state index contributed by atoms with van der Waals surface area (Å²) >= 11 is 0. The summed E-state index contributed by atoms with van der Waals surface area (Å²) in [6.45, 7) is 1.76. The molecule has 2 fully saturated rings. The molecule has 7 nitrogen and oxygen atoms in total. The topological polar surface area (TPSA) is 81.8 Å². The highest BCUT2D eigenvalue weighted by molar-refractivity contribution is 6.02. The van der Waals surface area contributed by atoms with Crippen LogP contribution in [-0.2, 0) is 14.4 Å². The van der Waals surface area contributed by atoms with E-state index in [1.807, 2.05) is 30.1 Å². The van der Waals surface area contributed by atoms with Crippen molar-refractivity contribution in [1.82, 2.24) is 10.6 Å². The van der Waals surface area contributed by atoms with Gasteiger partial charge in [0.15, 0.2) is 0 Å². The van der Waals surface area contributed by atoms with Crippen LogP contribution in [0.5, 0.6) is 0 Å². The van der Waals surface area contributed by atoms with Crippen molar-refractivity contribution in [1.29, 1.82) is 0 Å². The molecule has 0 bridgehead atoms. The van der Waals surface area contributed by atoms with Gasteiger partial charge in [0.2, 0.25) is 18.2 Å². The van der Waals surface area contributed by atoms with Gasteiger partial charge in [-0.2, -0.15) is 0 Å². The van der Waals surface area contributed by atoms with Crippen LogP contribution >= 0.6 is 0 Å². The lowest BCUT2D eigenvalue weighted by molar-refractivity contribution is -0.134. The fourth-order valence-electron chi connectivity index (χ4n) is 3.33. The monoisotopic (exact) mass is 330 g/mol. The van der Waals surface area contributed by atoms with Crippen LogP contribution in [0.15, 0.2) is 18.2 Å². The van der Waals surface area contributed by atoms with Gasteiger partial charge in [0.05, 0.1) is 11.4 Å². The van der Waals surface area contributed by atoms with Gasteiger partial charge in [-0.15, -0.1) is 0 Å². The maximum absolute atomic E-state index is 12.2. The number of amides is 3. The third-order valence-electron chi connectivity index (χ3n) is 4.84. The minimum atomic E-state index is -0.420. The predicted molar refractivity (Wildman–Crippen MR) is 91.1 cm³/mol. The van der Waals surface area contributed by atoms with Gasteiger partial charge < -0.3 is 15.1 Å². The molecule has 1 aromatic rings. The van der Waals surface area contributed by atoms with Crippen molar-refractivity contribution in [2.45, 2.75) is 24.8 Å². The Morgan fingerprint density at radius 1 is 1.21 bits per heavy atom. The Bertz CT molecular complexity index is 672. The highest BCUT2D eigenvalue weighted by Gasteiger charge is 2.33. The highest BCUT2D eigenvalue weighted by Crippen LogP contribution is 2.38. The minimum Gasteiger partial charge on any atom is -0.361 e. The number of nitrogens with zero attached hydrogens (tertiary/aromatic N) is 2. The van der Waals surface area contributed by atoms with Crippen molar-refractivity contribution in [2.75, 3.05) is 37.0 Å². The number of hydrogen-bond acceptors (Lipinski definition) is 5. The molecule has 1 unspecified atom stereocenters. The lowest BCUT2D eigenvalue weighted by Gasteiger charge is -2.36. The molecule has 7 heteroatoms. The van der Waals surface area contributed by atoms with Crippen LogP contribution in [-0.4, -0.2) is 51.5 Å². The summed E-state index contributed by atoms with van der Waals surface area (Å²) in [4.78, 5) is 38.4. The second-order valence-corrected chi connectivity index (χ2v) is 6.36. The normalized spacial score (nSPS) is 21.0. The first-order valence-corrected chi connectivity index (χ1v) is 8.11. The molecule has 2 N–H and O–H groups in total. The van der Waals surface area contributed by atoms with Gasteiger partial charge in [-0.25, -0.2) is 0 Å². The number of anilines is 2. The number of nitrogens with one attached hydrogen (secondary N) is 2. The molecule has 1 aromatic carbocycles. The van der Waals surface area contributed by atoms with Crippen molar-refractivity contribution in [3.63, 3.8) is 0 Å². The van der Waals surface area contributed by atoms with Gasteiger partial charge in [-0.1, -0.05) is 12.1 Å². The van der Waals surface area contributed by atoms with E-state index in [0.29, 0.717) is 18.8 Å². The van der Waals surface area contributed by atoms with Gasteiger partial charge in [-0.05, 0) is 18.1 Å². The zero-order valence-corrected chi connectivity index (χ0v) is 13.9. The Morgan fingerprint density at radius 2 is 1.96 bits per heavy atom. The Kier molecular flexibility index (Phi) is 4.53. The molecule has 128 valence electrons.